The molecule has 3 aliphatic heterocycles. The van der Waals surface area contributed by atoms with Gasteiger partial charge in [-0.05, 0) is 56.5 Å². The molecule has 1 aromatic carbocycles. The quantitative estimate of drug-likeness (QED) is 0.646. The van der Waals surface area contributed by atoms with Crippen molar-refractivity contribution in [3.05, 3.63) is 23.9 Å². The van der Waals surface area contributed by atoms with Gasteiger partial charge in [0.15, 0.2) is 5.69 Å². The Morgan fingerprint density at radius 1 is 1.30 bits per heavy atom. The van der Waals surface area contributed by atoms with Crippen LogP contribution >= 0.6 is 0 Å². The highest BCUT2D eigenvalue weighted by atomic mass is 16.2. The maximum atomic E-state index is 12.8. The van der Waals surface area contributed by atoms with Crippen molar-refractivity contribution in [2.45, 2.75) is 32.2 Å². The number of aromatic amines is 1. The van der Waals surface area contributed by atoms with Crippen LogP contribution in [0.25, 0.3) is 10.9 Å². The molecule has 27 heavy (non-hydrogen) atoms. The van der Waals surface area contributed by atoms with E-state index >= 15 is 0 Å². The van der Waals surface area contributed by atoms with Crippen LogP contribution in [0.15, 0.2) is 18.2 Å². The monoisotopic (exact) mass is 370 g/mol. The summed E-state index contributed by atoms with van der Waals surface area (Å²) in [5.41, 5.74) is 1.78. The fourth-order valence-corrected chi connectivity index (χ4v) is 4.04. The summed E-state index contributed by atoms with van der Waals surface area (Å²) < 4.78 is 0. The zero-order valence-electron chi connectivity index (χ0n) is 15.5. The first kappa shape index (κ1) is 17.8. The summed E-state index contributed by atoms with van der Waals surface area (Å²) in [7, 11) is 0. The Bertz CT molecular complexity index is 840. The van der Waals surface area contributed by atoms with E-state index in [9.17, 15) is 9.59 Å². The van der Waals surface area contributed by atoms with E-state index in [4.69, 9.17) is 0 Å². The molecule has 5 rings (SSSR count). The molecule has 3 fully saturated rings. The van der Waals surface area contributed by atoms with Crippen molar-refractivity contribution in [3.8, 4) is 0 Å². The summed E-state index contributed by atoms with van der Waals surface area (Å²) in [5.74, 6) is 0.399. The third-order valence-electron chi connectivity index (χ3n) is 5.54. The number of aromatic nitrogens is 2. The third-order valence-corrected chi connectivity index (χ3v) is 5.54. The first-order valence-electron chi connectivity index (χ1n) is 9.70. The van der Waals surface area contributed by atoms with Crippen LogP contribution < -0.4 is 16.0 Å². The van der Waals surface area contributed by atoms with Crippen LogP contribution in [0.4, 0.5) is 10.5 Å². The van der Waals surface area contributed by atoms with Gasteiger partial charge in [-0.15, -0.1) is 0 Å². The largest absolute Gasteiger partial charge is 0.346 e. The minimum atomic E-state index is -0.252. The van der Waals surface area contributed by atoms with Crippen molar-refractivity contribution in [2.24, 2.45) is 5.92 Å². The molecular weight excluding hydrogens is 344 g/mol. The number of carbonyl (C=O) groups is 2. The molecule has 4 N–H and O–H groups in total. The van der Waals surface area contributed by atoms with Crippen LogP contribution in [0.2, 0.25) is 0 Å². The molecule has 0 spiro atoms. The van der Waals surface area contributed by atoms with Gasteiger partial charge < -0.3 is 20.9 Å². The number of nitrogens with one attached hydrogen (secondary N) is 4. The number of H-pyrrole nitrogens is 1. The molecule has 1 aromatic heterocycles. The van der Waals surface area contributed by atoms with Crippen LogP contribution in [0.1, 0.15) is 36.7 Å². The van der Waals surface area contributed by atoms with E-state index in [1.165, 1.54) is 0 Å². The van der Waals surface area contributed by atoms with E-state index in [2.05, 4.69) is 31.0 Å². The smallest absolute Gasteiger partial charge is 0.319 e. The molecule has 0 saturated carbocycles. The number of carbonyl (C=O) groups excluding carboxylic acids is 2. The van der Waals surface area contributed by atoms with Gasteiger partial charge in [0.25, 0.3) is 5.91 Å². The first-order valence-corrected chi connectivity index (χ1v) is 9.70. The first-order chi connectivity index (χ1) is 13.1. The number of piperidine rings is 3. The highest BCUT2D eigenvalue weighted by Crippen LogP contribution is 2.28. The topological polar surface area (TPSA) is 102 Å². The van der Waals surface area contributed by atoms with E-state index in [0.29, 0.717) is 29.2 Å². The van der Waals surface area contributed by atoms with Crippen LogP contribution in [0.5, 0.6) is 0 Å². The van der Waals surface area contributed by atoms with Gasteiger partial charge in [0.05, 0.1) is 5.52 Å². The van der Waals surface area contributed by atoms with Crippen LogP contribution in [-0.2, 0) is 0 Å². The van der Waals surface area contributed by atoms with E-state index in [-0.39, 0.29) is 18.0 Å². The predicted octanol–water partition coefficient (Wildman–Crippen LogP) is 1.92. The second-order valence-electron chi connectivity index (χ2n) is 7.43. The predicted molar refractivity (Wildman–Crippen MR) is 104 cm³/mol. The minimum Gasteiger partial charge on any atom is -0.346 e. The zero-order valence-corrected chi connectivity index (χ0v) is 15.5. The van der Waals surface area contributed by atoms with E-state index in [1.807, 2.05) is 13.0 Å². The molecule has 0 aliphatic carbocycles. The molecular formula is C19H26N6O2. The molecule has 2 bridgehead atoms. The van der Waals surface area contributed by atoms with Gasteiger partial charge >= 0.3 is 6.03 Å². The average molecular weight is 370 g/mol. The van der Waals surface area contributed by atoms with Crippen molar-refractivity contribution in [2.75, 3.05) is 31.5 Å². The number of urea groups is 1. The van der Waals surface area contributed by atoms with Crippen LogP contribution in [0, 0.1) is 5.92 Å². The Hall–Kier alpha value is -2.61. The van der Waals surface area contributed by atoms with E-state index in [1.54, 1.807) is 12.1 Å². The average Bonchev–Trinajstić information content (AvgIpc) is 3.10. The Balaban J connectivity index is 1.48. The molecule has 0 radical (unpaired) electrons. The van der Waals surface area contributed by atoms with Gasteiger partial charge in [0, 0.05) is 30.2 Å². The summed E-state index contributed by atoms with van der Waals surface area (Å²) in [6, 6.07) is 5.34. The lowest BCUT2D eigenvalue weighted by molar-refractivity contribution is 0.0618. The molecule has 3 saturated heterocycles. The Labute approximate surface area is 158 Å². The molecule has 0 unspecified atom stereocenters. The van der Waals surface area contributed by atoms with Gasteiger partial charge in [-0.1, -0.05) is 6.92 Å². The number of fused-ring (bicyclic) bond motifs is 4. The number of benzene rings is 1. The molecule has 3 amide bonds. The van der Waals surface area contributed by atoms with Gasteiger partial charge in [-0.25, -0.2) is 4.79 Å². The molecule has 144 valence electrons. The molecule has 3 aliphatic rings. The lowest BCUT2D eigenvalue weighted by Gasteiger charge is -2.44. The Kier molecular flexibility index (Phi) is 4.98. The number of hydrogen-bond acceptors (Lipinski definition) is 4. The second-order valence-corrected chi connectivity index (χ2v) is 7.43. The summed E-state index contributed by atoms with van der Waals surface area (Å²) in [4.78, 5) is 27.1. The lowest BCUT2D eigenvalue weighted by atomic mass is 9.84. The van der Waals surface area contributed by atoms with Gasteiger partial charge in [0.2, 0.25) is 0 Å². The summed E-state index contributed by atoms with van der Waals surface area (Å²) >= 11 is 0. The Morgan fingerprint density at radius 3 is 2.81 bits per heavy atom. The maximum absolute atomic E-state index is 12.8. The molecule has 4 heterocycles. The van der Waals surface area contributed by atoms with Crippen LogP contribution in [0.3, 0.4) is 0 Å². The number of nitrogens with zero attached hydrogens (tertiary/aromatic N) is 2. The number of rotatable bonds is 5. The molecule has 8 nitrogen and oxygen atoms in total. The second kappa shape index (κ2) is 7.56. The van der Waals surface area contributed by atoms with Gasteiger partial charge in [-0.2, -0.15) is 5.10 Å². The molecule has 8 heteroatoms. The summed E-state index contributed by atoms with van der Waals surface area (Å²) in [6.45, 7) is 5.81. The van der Waals surface area contributed by atoms with Crippen LogP contribution in [-0.4, -0.2) is 59.3 Å². The van der Waals surface area contributed by atoms with E-state index in [0.717, 1.165) is 44.4 Å². The van der Waals surface area contributed by atoms with Gasteiger partial charge in [0.1, 0.15) is 0 Å². The van der Waals surface area contributed by atoms with Crippen molar-refractivity contribution in [3.63, 3.8) is 0 Å². The summed E-state index contributed by atoms with van der Waals surface area (Å²) in [6.07, 6.45) is 3.17. The summed E-state index contributed by atoms with van der Waals surface area (Å²) in [5, 5.41) is 16.6. The normalized spacial score (nSPS) is 24.0. The zero-order chi connectivity index (χ0) is 18.8. The van der Waals surface area contributed by atoms with Gasteiger partial charge in [-0.3, -0.25) is 9.89 Å². The fourth-order valence-electron chi connectivity index (χ4n) is 4.04. The standard InChI is InChI=1S/C19H26N6O2/c1-2-7-20-19(27)21-13-3-4-15-14(10-13)17(24-23-15)18(26)22-16-11-25-8-5-12(16)6-9-25/h3-4,10,12,16H,2,5-9,11H2,1H3,(H,22,26)(H,23,24)(H2,20,21,27)/t16-/m0/s1. The highest BCUT2D eigenvalue weighted by molar-refractivity contribution is 6.06. The van der Waals surface area contributed by atoms with Crippen molar-refractivity contribution in [1.29, 1.82) is 0 Å². The van der Waals surface area contributed by atoms with Crippen molar-refractivity contribution >= 4 is 28.5 Å². The molecule has 2 aromatic rings. The number of anilines is 1. The lowest BCUT2D eigenvalue weighted by Crippen LogP contribution is -2.57. The third kappa shape index (κ3) is 3.75. The number of hydrogen-bond donors (Lipinski definition) is 4. The highest BCUT2D eigenvalue weighted by Gasteiger charge is 2.35. The van der Waals surface area contributed by atoms with Crippen molar-refractivity contribution < 1.29 is 9.59 Å². The molecule has 1 atom stereocenters. The SMILES string of the molecule is CCCNC(=O)Nc1ccc2[nH]nc(C(=O)N[C@H]3CN4CCC3CC4)c2c1. The van der Waals surface area contributed by atoms with Crippen molar-refractivity contribution in [1.82, 2.24) is 25.7 Å². The van der Waals surface area contributed by atoms with E-state index < -0.39 is 0 Å². The Morgan fingerprint density at radius 2 is 2.11 bits per heavy atom. The number of amides is 3. The maximum Gasteiger partial charge on any atom is 0.319 e. The minimum absolute atomic E-state index is 0.160. The fraction of sp³-hybridized carbons (Fsp3) is 0.526.